The molecule has 1 aliphatic heterocycles. The number of carboxylic acids is 1. The second-order valence-electron chi connectivity index (χ2n) is 6.67. The molecular weight excluding hydrogens is 344 g/mol. The zero-order valence-electron chi connectivity index (χ0n) is 14.9. The van der Waals surface area contributed by atoms with E-state index in [-0.39, 0.29) is 24.1 Å². The van der Waals surface area contributed by atoms with Crippen LogP contribution in [0.2, 0.25) is 0 Å². The maximum Gasteiger partial charge on any atom is 0.317 e. The number of sulfonamides is 1. The second kappa shape index (κ2) is 8.27. The van der Waals surface area contributed by atoms with Crippen molar-refractivity contribution in [2.75, 3.05) is 39.8 Å². The lowest BCUT2D eigenvalue weighted by Gasteiger charge is -2.33. The van der Waals surface area contributed by atoms with Gasteiger partial charge in [-0.25, -0.2) is 8.42 Å². The van der Waals surface area contributed by atoms with Gasteiger partial charge in [-0.15, -0.1) is 0 Å². The molecule has 1 atom stereocenters. The predicted molar refractivity (Wildman–Crippen MR) is 94.2 cm³/mol. The number of benzene rings is 1. The first-order valence-corrected chi connectivity index (χ1v) is 9.76. The van der Waals surface area contributed by atoms with Crippen LogP contribution >= 0.6 is 0 Å². The first-order chi connectivity index (χ1) is 11.7. The summed E-state index contributed by atoms with van der Waals surface area (Å²) < 4.78 is 32.7. The molecule has 1 heterocycles. The average Bonchev–Trinajstić information content (AvgIpc) is 2.54. The highest BCUT2D eigenvalue weighted by molar-refractivity contribution is 7.89. The van der Waals surface area contributed by atoms with E-state index < -0.39 is 16.0 Å². The summed E-state index contributed by atoms with van der Waals surface area (Å²) in [4.78, 5) is 12.6. The number of carbonyl (C=O) groups is 1. The maximum absolute atomic E-state index is 12.8. The molecule has 7 nitrogen and oxygen atoms in total. The van der Waals surface area contributed by atoms with Crippen LogP contribution in [-0.4, -0.2) is 74.6 Å². The first-order valence-electron chi connectivity index (χ1n) is 8.32. The van der Waals surface area contributed by atoms with Crippen molar-refractivity contribution in [3.63, 3.8) is 0 Å². The third-order valence-corrected chi connectivity index (χ3v) is 6.09. The van der Waals surface area contributed by atoms with E-state index in [1.807, 2.05) is 12.1 Å². The molecule has 8 heteroatoms. The predicted octanol–water partition coefficient (Wildman–Crippen LogP) is 1.22. The van der Waals surface area contributed by atoms with Crippen LogP contribution in [-0.2, 0) is 19.6 Å². The minimum Gasteiger partial charge on any atom is -0.480 e. The fourth-order valence-electron chi connectivity index (χ4n) is 2.84. The zero-order valence-corrected chi connectivity index (χ0v) is 15.7. The Kier molecular flexibility index (Phi) is 6.56. The average molecular weight is 370 g/mol. The highest BCUT2D eigenvalue weighted by Gasteiger charge is 2.31. The minimum atomic E-state index is -3.58. The van der Waals surface area contributed by atoms with Crippen LogP contribution < -0.4 is 0 Å². The Bertz CT molecular complexity index is 687. The molecule has 1 fully saturated rings. The molecule has 1 N–H and O–H groups in total. The van der Waals surface area contributed by atoms with Crippen LogP contribution in [0.15, 0.2) is 29.2 Å². The van der Waals surface area contributed by atoms with Crippen molar-refractivity contribution in [3.8, 4) is 0 Å². The number of hydrogen-bond donors (Lipinski definition) is 1. The lowest BCUT2D eigenvalue weighted by molar-refractivity contribution is -0.138. The quantitative estimate of drug-likeness (QED) is 0.776. The van der Waals surface area contributed by atoms with Gasteiger partial charge in [0, 0.05) is 19.6 Å². The summed E-state index contributed by atoms with van der Waals surface area (Å²) in [5.74, 6) is -0.581. The number of rotatable bonds is 7. The SMILES string of the molecule is CC(C)c1ccc(S(=O)(=O)N2CCOC(CN(C)CC(=O)O)C2)cc1. The Hall–Kier alpha value is -1.48. The van der Waals surface area contributed by atoms with Crippen molar-refractivity contribution in [1.29, 1.82) is 0 Å². The number of nitrogens with zero attached hydrogens (tertiary/aromatic N) is 2. The molecule has 1 aromatic rings. The van der Waals surface area contributed by atoms with Gasteiger partial charge in [-0.3, -0.25) is 9.69 Å². The topological polar surface area (TPSA) is 87.2 Å². The van der Waals surface area contributed by atoms with Gasteiger partial charge in [0.2, 0.25) is 10.0 Å². The van der Waals surface area contributed by atoms with E-state index in [1.165, 1.54) is 4.31 Å². The summed E-state index contributed by atoms with van der Waals surface area (Å²) in [6.07, 6.45) is -0.345. The summed E-state index contributed by atoms with van der Waals surface area (Å²) in [6.45, 7) is 5.20. The fourth-order valence-corrected chi connectivity index (χ4v) is 4.29. The lowest BCUT2D eigenvalue weighted by atomic mass is 10.0. The van der Waals surface area contributed by atoms with Crippen molar-refractivity contribution in [2.45, 2.75) is 30.8 Å². The van der Waals surface area contributed by atoms with Crippen LogP contribution in [0.1, 0.15) is 25.3 Å². The molecular formula is C17H26N2O5S. The van der Waals surface area contributed by atoms with Crippen molar-refractivity contribution >= 4 is 16.0 Å². The van der Waals surface area contributed by atoms with Gasteiger partial charge in [-0.05, 0) is 30.7 Å². The summed E-state index contributed by atoms with van der Waals surface area (Å²) in [5.41, 5.74) is 1.09. The van der Waals surface area contributed by atoms with Gasteiger partial charge in [-0.1, -0.05) is 26.0 Å². The summed E-state index contributed by atoms with van der Waals surface area (Å²) >= 11 is 0. The van der Waals surface area contributed by atoms with Gasteiger partial charge >= 0.3 is 5.97 Å². The monoisotopic (exact) mass is 370 g/mol. The number of ether oxygens (including phenoxy) is 1. The normalized spacial score (nSPS) is 19.5. The molecule has 1 aromatic carbocycles. The zero-order chi connectivity index (χ0) is 18.6. The van der Waals surface area contributed by atoms with E-state index in [2.05, 4.69) is 13.8 Å². The van der Waals surface area contributed by atoms with Crippen LogP contribution in [0, 0.1) is 0 Å². The van der Waals surface area contributed by atoms with Crippen molar-refractivity contribution in [2.24, 2.45) is 0 Å². The Balaban J connectivity index is 2.07. The molecule has 1 unspecified atom stereocenters. The van der Waals surface area contributed by atoms with Crippen molar-refractivity contribution in [3.05, 3.63) is 29.8 Å². The number of carboxylic acid groups (broad SMARTS) is 1. The van der Waals surface area contributed by atoms with E-state index >= 15 is 0 Å². The van der Waals surface area contributed by atoms with Gasteiger partial charge in [-0.2, -0.15) is 4.31 Å². The summed E-state index contributed by atoms with van der Waals surface area (Å²) in [6, 6.07) is 6.98. The van der Waals surface area contributed by atoms with E-state index in [4.69, 9.17) is 9.84 Å². The smallest absolute Gasteiger partial charge is 0.317 e. The van der Waals surface area contributed by atoms with E-state index in [0.717, 1.165) is 5.56 Å². The Morgan fingerprint density at radius 1 is 1.36 bits per heavy atom. The fraction of sp³-hybridized carbons (Fsp3) is 0.588. The number of morpholine rings is 1. The Morgan fingerprint density at radius 2 is 2.00 bits per heavy atom. The third kappa shape index (κ3) is 5.24. The summed E-state index contributed by atoms with van der Waals surface area (Å²) in [5, 5.41) is 8.82. The molecule has 0 bridgehead atoms. The van der Waals surface area contributed by atoms with Crippen LogP contribution in [0.4, 0.5) is 0 Å². The highest BCUT2D eigenvalue weighted by atomic mass is 32.2. The van der Waals surface area contributed by atoms with Gasteiger partial charge < -0.3 is 9.84 Å². The number of hydrogen-bond acceptors (Lipinski definition) is 5. The highest BCUT2D eigenvalue weighted by Crippen LogP contribution is 2.22. The number of aliphatic carboxylic acids is 1. The largest absolute Gasteiger partial charge is 0.480 e. The lowest BCUT2D eigenvalue weighted by Crippen LogP contribution is -2.49. The molecule has 0 saturated carbocycles. The van der Waals surface area contributed by atoms with Gasteiger partial charge in [0.15, 0.2) is 0 Å². The first kappa shape index (κ1) is 19.8. The Labute approximate surface area is 149 Å². The van der Waals surface area contributed by atoms with Crippen molar-refractivity contribution in [1.82, 2.24) is 9.21 Å². The molecule has 1 saturated heterocycles. The summed E-state index contributed by atoms with van der Waals surface area (Å²) in [7, 11) is -1.90. The third-order valence-electron chi connectivity index (χ3n) is 4.21. The Morgan fingerprint density at radius 3 is 2.56 bits per heavy atom. The molecule has 140 valence electrons. The molecule has 25 heavy (non-hydrogen) atoms. The van der Waals surface area contributed by atoms with Crippen LogP contribution in [0.5, 0.6) is 0 Å². The van der Waals surface area contributed by atoms with Gasteiger partial charge in [0.1, 0.15) is 0 Å². The molecule has 1 aliphatic rings. The molecule has 2 rings (SSSR count). The molecule has 0 aliphatic carbocycles. The minimum absolute atomic E-state index is 0.108. The van der Waals surface area contributed by atoms with Crippen LogP contribution in [0.3, 0.4) is 0 Å². The standard InChI is InChI=1S/C17H26N2O5S/c1-13(2)14-4-6-16(7-5-14)25(22,23)19-8-9-24-15(11-19)10-18(3)12-17(20)21/h4-7,13,15H,8-12H2,1-3H3,(H,20,21). The second-order valence-corrected chi connectivity index (χ2v) is 8.61. The van der Waals surface area contributed by atoms with E-state index in [9.17, 15) is 13.2 Å². The van der Waals surface area contributed by atoms with Crippen molar-refractivity contribution < 1.29 is 23.1 Å². The molecule has 0 radical (unpaired) electrons. The van der Waals surface area contributed by atoms with E-state index in [0.29, 0.717) is 25.6 Å². The number of likely N-dealkylation sites (N-methyl/N-ethyl adjacent to an activating group) is 1. The van der Waals surface area contributed by atoms with Gasteiger partial charge in [0.05, 0.1) is 24.2 Å². The molecule has 0 amide bonds. The molecule has 0 spiro atoms. The molecule has 0 aromatic heterocycles. The van der Waals surface area contributed by atoms with Crippen LogP contribution in [0.25, 0.3) is 0 Å². The maximum atomic E-state index is 12.8. The van der Waals surface area contributed by atoms with E-state index in [1.54, 1.807) is 24.1 Å². The van der Waals surface area contributed by atoms with Gasteiger partial charge in [0.25, 0.3) is 0 Å².